The van der Waals surface area contributed by atoms with Crippen LogP contribution in [0, 0.1) is 11.3 Å². The third-order valence-corrected chi connectivity index (χ3v) is 2.66. The lowest BCUT2D eigenvalue weighted by Gasteiger charge is -1.96. The first kappa shape index (κ1) is 7.64. The van der Waals surface area contributed by atoms with E-state index in [1.54, 1.807) is 0 Å². The van der Waals surface area contributed by atoms with Gasteiger partial charge in [-0.15, -0.1) is 11.6 Å². The maximum atomic E-state index is 8.56. The van der Waals surface area contributed by atoms with Gasteiger partial charge in [0.1, 0.15) is 0 Å². The minimum absolute atomic E-state index is 0.318. The lowest BCUT2D eigenvalue weighted by Crippen LogP contribution is -1.82. The van der Waals surface area contributed by atoms with Crippen molar-refractivity contribution in [2.24, 2.45) is 0 Å². The van der Waals surface area contributed by atoms with E-state index < -0.39 is 0 Å². The summed E-state index contributed by atoms with van der Waals surface area (Å²) in [5.74, 6) is 0.527. The Bertz CT molecular complexity index is 323. The molecule has 0 amide bonds. The van der Waals surface area contributed by atoms with Crippen molar-refractivity contribution in [1.82, 2.24) is 0 Å². The third kappa shape index (κ3) is 1.31. The summed E-state index contributed by atoms with van der Waals surface area (Å²) < 4.78 is 0. The van der Waals surface area contributed by atoms with Gasteiger partial charge in [-0.05, 0) is 24.1 Å². The van der Waals surface area contributed by atoms with E-state index in [9.17, 15) is 0 Å². The average molecular weight is 178 g/mol. The molecule has 0 spiro atoms. The van der Waals surface area contributed by atoms with Crippen LogP contribution in [0.15, 0.2) is 24.3 Å². The molecule has 2 atom stereocenters. The quantitative estimate of drug-likeness (QED) is 0.605. The van der Waals surface area contributed by atoms with Crippen LogP contribution in [0.2, 0.25) is 0 Å². The smallest absolute Gasteiger partial charge is 0.0991 e. The van der Waals surface area contributed by atoms with E-state index in [1.165, 1.54) is 5.56 Å². The molecule has 1 fully saturated rings. The highest BCUT2D eigenvalue weighted by Crippen LogP contribution is 2.44. The zero-order valence-corrected chi connectivity index (χ0v) is 7.25. The topological polar surface area (TPSA) is 23.8 Å². The standard InChI is InChI=1S/C10H8ClN/c11-10-5-9(10)8-3-1-7(6-12)2-4-8/h1-4,9-10H,5H2/t9?,10-/m0/s1. The Hall–Kier alpha value is -1.00. The van der Waals surface area contributed by atoms with Gasteiger partial charge < -0.3 is 0 Å². The largest absolute Gasteiger partial charge is 0.192 e. The maximum Gasteiger partial charge on any atom is 0.0991 e. The molecule has 1 nitrogen and oxygen atoms in total. The predicted octanol–water partition coefficient (Wildman–Crippen LogP) is 2.65. The molecule has 12 heavy (non-hydrogen) atoms. The van der Waals surface area contributed by atoms with Gasteiger partial charge in [0, 0.05) is 11.3 Å². The summed E-state index contributed by atoms with van der Waals surface area (Å²) in [6.45, 7) is 0. The van der Waals surface area contributed by atoms with Crippen molar-refractivity contribution in [3.63, 3.8) is 0 Å². The zero-order chi connectivity index (χ0) is 8.55. The van der Waals surface area contributed by atoms with Gasteiger partial charge in [0.05, 0.1) is 11.6 Å². The van der Waals surface area contributed by atoms with Crippen molar-refractivity contribution in [2.45, 2.75) is 17.7 Å². The number of nitrogens with zero attached hydrogens (tertiary/aromatic N) is 1. The van der Waals surface area contributed by atoms with Crippen molar-refractivity contribution in [1.29, 1.82) is 5.26 Å². The molecule has 0 aromatic heterocycles. The van der Waals surface area contributed by atoms with Crippen LogP contribution in [0.5, 0.6) is 0 Å². The summed E-state index contributed by atoms with van der Waals surface area (Å²) in [6.07, 6.45) is 1.08. The Morgan fingerprint density at radius 2 is 1.92 bits per heavy atom. The molecule has 0 aliphatic heterocycles. The van der Waals surface area contributed by atoms with Gasteiger partial charge in [-0.3, -0.25) is 0 Å². The van der Waals surface area contributed by atoms with E-state index in [0.29, 0.717) is 16.9 Å². The summed E-state index contributed by atoms with van der Waals surface area (Å²) in [6, 6.07) is 9.76. The number of hydrogen-bond donors (Lipinski definition) is 0. The van der Waals surface area contributed by atoms with Gasteiger partial charge in [-0.2, -0.15) is 5.26 Å². The van der Waals surface area contributed by atoms with Crippen LogP contribution >= 0.6 is 11.6 Å². The SMILES string of the molecule is N#Cc1ccc(C2C[C@@H]2Cl)cc1. The van der Waals surface area contributed by atoms with E-state index in [2.05, 4.69) is 6.07 Å². The second kappa shape index (κ2) is 2.80. The summed E-state index contributed by atoms with van der Waals surface area (Å²) in [4.78, 5) is 0. The minimum Gasteiger partial charge on any atom is -0.192 e. The molecule has 1 unspecified atom stereocenters. The highest BCUT2D eigenvalue weighted by Gasteiger charge is 2.36. The summed E-state index contributed by atoms with van der Waals surface area (Å²) >= 11 is 5.90. The minimum atomic E-state index is 0.318. The average Bonchev–Trinajstić information content (AvgIpc) is 2.83. The molecule has 1 aromatic carbocycles. The molecule has 0 N–H and O–H groups in total. The highest BCUT2D eigenvalue weighted by atomic mass is 35.5. The molecule has 2 heteroatoms. The molecule has 1 aliphatic carbocycles. The molecule has 1 saturated carbocycles. The van der Waals surface area contributed by atoms with Gasteiger partial charge in [0.15, 0.2) is 0 Å². The molecule has 0 bridgehead atoms. The van der Waals surface area contributed by atoms with E-state index in [4.69, 9.17) is 16.9 Å². The van der Waals surface area contributed by atoms with E-state index >= 15 is 0 Å². The molecule has 0 radical (unpaired) electrons. The molecule has 60 valence electrons. The fourth-order valence-corrected chi connectivity index (χ4v) is 1.65. The molecule has 0 saturated heterocycles. The van der Waals surface area contributed by atoms with Crippen molar-refractivity contribution < 1.29 is 0 Å². The van der Waals surface area contributed by atoms with Crippen LogP contribution in [-0.2, 0) is 0 Å². The molecule has 1 aliphatic rings. The molecular formula is C10H8ClN. The summed E-state index contributed by atoms with van der Waals surface area (Å²) in [5, 5.41) is 8.88. The number of alkyl halides is 1. The van der Waals surface area contributed by atoms with Crippen LogP contribution in [0.4, 0.5) is 0 Å². The molecular weight excluding hydrogens is 170 g/mol. The summed E-state index contributed by atoms with van der Waals surface area (Å²) in [5.41, 5.74) is 1.97. The number of halogens is 1. The molecule has 0 heterocycles. The fraction of sp³-hybridized carbons (Fsp3) is 0.300. The first-order valence-electron chi connectivity index (χ1n) is 3.95. The van der Waals surface area contributed by atoms with Crippen LogP contribution in [0.1, 0.15) is 23.5 Å². The number of hydrogen-bond acceptors (Lipinski definition) is 1. The predicted molar refractivity (Wildman–Crippen MR) is 48.2 cm³/mol. The van der Waals surface area contributed by atoms with E-state index in [0.717, 1.165) is 6.42 Å². The lowest BCUT2D eigenvalue weighted by molar-refractivity contribution is 1.13. The van der Waals surface area contributed by atoms with Crippen LogP contribution in [0.25, 0.3) is 0 Å². The monoisotopic (exact) mass is 177 g/mol. The van der Waals surface area contributed by atoms with Gasteiger partial charge in [-0.25, -0.2) is 0 Å². The van der Waals surface area contributed by atoms with Crippen LogP contribution in [-0.4, -0.2) is 5.38 Å². The fourth-order valence-electron chi connectivity index (χ4n) is 1.31. The van der Waals surface area contributed by atoms with Crippen molar-refractivity contribution >= 4 is 11.6 Å². The van der Waals surface area contributed by atoms with Crippen molar-refractivity contribution in [3.8, 4) is 6.07 Å². The van der Waals surface area contributed by atoms with E-state index in [-0.39, 0.29) is 0 Å². The zero-order valence-electron chi connectivity index (χ0n) is 6.50. The molecule has 1 aromatic rings. The first-order chi connectivity index (χ1) is 5.81. The normalized spacial score (nSPS) is 26.3. The Balaban J connectivity index is 2.21. The first-order valence-corrected chi connectivity index (χ1v) is 4.39. The second-order valence-corrected chi connectivity index (χ2v) is 3.65. The third-order valence-electron chi connectivity index (χ3n) is 2.18. The van der Waals surface area contributed by atoms with Gasteiger partial charge in [0.25, 0.3) is 0 Å². The van der Waals surface area contributed by atoms with E-state index in [1.807, 2.05) is 24.3 Å². The molecule has 2 rings (SSSR count). The number of benzene rings is 1. The summed E-state index contributed by atoms with van der Waals surface area (Å²) in [7, 11) is 0. The lowest BCUT2D eigenvalue weighted by atomic mass is 10.1. The van der Waals surface area contributed by atoms with Gasteiger partial charge in [-0.1, -0.05) is 12.1 Å². The van der Waals surface area contributed by atoms with Crippen molar-refractivity contribution in [3.05, 3.63) is 35.4 Å². The van der Waals surface area contributed by atoms with Crippen LogP contribution < -0.4 is 0 Å². The van der Waals surface area contributed by atoms with Gasteiger partial charge in [0.2, 0.25) is 0 Å². The Kier molecular flexibility index (Phi) is 1.78. The Morgan fingerprint density at radius 1 is 1.33 bits per heavy atom. The maximum absolute atomic E-state index is 8.56. The second-order valence-electron chi connectivity index (χ2n) is 3.09. The number of nitriles is 1. The highest BCUT2D eigenvalue weighted by molar-refractivity contribution is 6.23. The Labute approximate surface area is 76.6 Å². The van der Waals surface area contributed by atoms with Gasteiger partial charge >= 0.3 is 0 Å². The van der Waals surface area contributed by atoms with Crippen molar-refractivity contribution in [2.75, 3.05) is 0 Å². The Morgan fingerprint density at radius 3 is 2.33 bits per heavy atom. The van der Waals surface area contributed by atoms with Crippen LogP contribution in [0.3, 0.4) is 0 Å². The number of rotatable bonds is 1.